The van der Waals surface area contributed by atoms with E-state index in [9.17, 15) is 0 Å². The second kappa shape index (κ2) is 56.2. The van der Waals surface area contributed by atoms with E-state index in [1.807, 2.05) is 198 Å². The lowest BCUT2D eigenvalue weighted by Gasteiger charge is -2.05. The fourth-order valence-electron chi connectivity index (χ4n) is 3.17. The lowest BCUT2D eigenvalue weighted by molar-refractivity contribution is 0.875. The van der Waals surface area contributed by atoms with Gasteiger partial charge in [0.15, 0.2) is 0 Å². The van der Waals surface area contributed by atoms with Crippen molar-refractivity contribution >= 4 is 11.6 Å². The third-order valence-corrected chi connectivity index (χ3v) is 4.74. The molecule has 0 aliphatic rings. The Hall–Kier alpha value is -4.52. The van der Waals surface area contributed by atoms with Crippen molar-refractivity contribution in [3.05, 3.63) is 131 Å². The van der Waals surface area contributed by atoms with Gasteiger partial charge in [-0.2, -0.15) is 9.97 Å². The van der Waals surface area contributed by atoms with Gasteiger partial charge in [0.25, 0.3) is 0 Å². The van der Waals surface area contributed by atoms with E-state index in [1.54, 1.807) is 0 Å². The summed E-state index contributed by atoms with van der Waals surface area (Å²) in [5, 5.41) is 3.12. The largest absolute Gasteiger partial charge is 0.324 e. The summed E-state index contributed by atoms with van der Waals surface area (Å²) in [6.07, 6.45) is 1.25. The van der Waals surface area contributed by atoms with Crippen LogP contribution in [0.15, 0.2) is 91.0 Å². The van der Waals surface area contributed by atoms with Crippen LogP contribution in [-0.2, 0) is 0 Å². The summed E-state index contributed by atoms with van der Waals surface area (Å²) < 4.78 is 0. The predicted octanol–water partition coefficient (Wildman–Crippen LogP) is 15.6. The van der Waals surface area contributed by atoms with Crippen molar-refractivity contribution in [2.24, 2.45) is 0 Å². The molecule has 0 unspecified atom stereocenters. The first kappa shape index (κ1) is 65.4. The van der Waals surface area contributed by atoms with E-state index in [2.05, 4.69) is 87.2 Å². The average molecular weight is 762 g/mol. The molecule has 7 nitrogen and oxygen atoms in total. The first-order valence-corrected chi connectivity index (χ1v) is 20.8. The molecule has 55 heavy (non-hydrogen) atoms. The molecular weight excluding hydrogens is 675 g/mol. The Bertz CT molecular complexity index is 1260. The number of nitrogens with one attached hydrogen (secondary N) is 1. The fraction of sp³-hybridized carbons (Fsp3) is 0.500. The summed E-state index contributed by atoms with van der Waals surface area (Å²) in [5.41, 5.74) is 3.62. The molecule has 0 saturated carbocycles. The van der Waals surface area contributed by atoms with E-state index in [1.165, 1.54) is 17.5 Å². The van der Waals surface area contributed by atoms with Crippen molar-refractivity contribution in [2.75, 3.05) is 5.32 Å². The SMILES string of the molecule is CC.CC.CC.CC.CC.CC.CC.CCC.Cc1ccccc1.Cc1ccccc1.Cc1nc(C)nc(C)n1.Cc1nc(C)nc(Nc2ccccc2)n1. The van der Waals surface area contributed by atoms with Crippen LogP contribution < -0.4 is 5.32 Å². The van der Waals surface area contributed by atoms with E-state index >= 15 is 0 Å². The summed E-state index contributed by atoms with van der Waals surface area (Å²) >= 11 is 0. The highest BCUT2D eigenvalue weighted by Crippen LogP contribution is 2.11. The number of nitrogens with zero attached hydrogens (tertiary/aromatic N) is 6. The minimum absolute atomic E-state index is 0.589. The zero-order valence-corrected chi connectivity index (χ0v) is 40.1. The first-order valence-electron chi connectivity index (χ1n) is 20.8. The van der Waals surface area contributed by atoms with E-state index in [-0.39, 0.29) is 0 Å². The molecule has 0 saturated heterocycles. The third-order valence-electron chi connectivity index (χ3n) is 4.74. The van der Waals surface area contributed by atoms with E-state index in [0.717, 1.165) is 34.8 Å². The van der Waals surface area contributed by atoms with Crippen molar-refractivity contribution in [3.63, 3.8) is 0 Å². The summed E-state index contributed by atoms with van der Waals surface area (Å²) in [6.45, 7) is 45.7. The van der Waals surface area contributed by atoms with E-state index in [0.29, 0.717) is 5.95 Å². The zero-order chi connectivity index (χ0) is 44.5. The topological polar surface area (TPSA) is 89.4 Å². The maximum atomic E-state index is 4.20. The lowest BCUT2D eigenvalue weighted by Crippen LogP contribution is -2.02. The molecule has 1 N–H and O–H groups in total. The van der Waals surface area contributed by atoms with Gasteiger partial charge in [-0.1, -0.05) is 207 Å². The van der Waals surface area contributed by atoms with Gasteiger partial charge >= 0.3 is 0 Å². The van der Waals surface area contributed by atoms with E-state index < -0.39 is 0 Å². The molecule has 2 aromatic heterocycles. The summed E-state index contributed by atoms with van der Waals surface area (Å²) in [7, 11) is 0. The Balaban J connectivity index is -0.000000102. The second-order valence-electron chi connectivity index (χ2n) is 9.24. The number of aryl methyl sites for hydroxylation is 7. The summed E-state index contributed by atoms with van der Waals surface area (Å²) in [5.74, 6) is 4.41. The van der Waals surface area contributed by atoms with Crippen molar-refractivity contribution in [1.29, 1.82) is 0 Å². The normalized spacial score (nSPS) is 7.62. The molecule has 3 aromatic carbocycles. The van der Waals surface area contributed by atoms with Crippen LogP contribution in [-0.4, -0.2) is 29.9 Å². The number of benzene rings is 3. The highest BCUT2D eigenvalue weighted by Gasteiger charge is 2.00. The van der Waals surface area contributed by atoms with Crippen molar-refractivity contribution < 1.29 is 0 Å². The van der Waals surface area contributed by atoms with Gasteiger partial charge in [0.1, 0.15) is 29.1 Å². The number of para-hydroxylation sites is 1. The molecule has 5 rings (SSSR count). The van der Waals surface area contributed by atoms with Gasteiger partial charge in [-0.3, -0.25) is 0 Å². The molecule has 0 bridgehead atoms. The first-order chi connectivity index (χ1) is 26.6. The number of anilines is 2. The van der Waals surface area contributed by atoms with E-state index in [4.69, 9.17) is 0 Å². The van der Waals surface area contributed by atoms with Crippen LogP contribution in [0.2, 0.25) is 0 Å². The standard InChI is InChI=1S/C11H12N4.2C7H8.C6H9N3.C3H8.7C2H6/c1-8-12-9(2)14-11(13-8)15-10-6-4-3-5-7-10;2*1-7-5-3-2-4-6-7;1-4-7-5(2)9-6(3)8-4;1-3-2;7*1-2/h3-7H,1-2H3,(H,12,13,14,15);2*2-6H,1H3;1-3H3;3H2,1-2H3;7*1-2H3. The highest BCUT2D eigenvalue weighted by molar-refractivity contribution is 5.52. The van der Waals surface area contributed by atoms with Crippen molar-refractivity contribution in [3.8, 4) is 0 Å². The molecular formula is C48H87N7. The minimum Gasteiger partial charge on any atom is -0.324 e. The van der Waals surface area contributed by atoms with Crippen molar-refractivity contribution in [2.45, 2.75) is 166 Å². The quantitative estimate of drug-likeness (QED) is 0.192. The Kier molecular flexibility index (Phi) is 66.8. The molecule has 0 fully saturated rings. The number of hydrogen-bond donors (Lipinski definition) is 1. The molecule has 0 amide bonds. The summed E-state index contributed by atoms with van der Waals surface area (Å²) in [6, 6.07) is 30.3. The Morgan fingerprint density at radius 3 is 0.727 bits per heavy atom. The number of aromatic nitrogens is 6. The smallest absolute Gasteiger partial charge is 0.230 e. The minimum atomic E-state index is 0.589. The molecule has 2 heterocycles. The molecule has 0 aliphatic heterocycles. The highest BCUT2D eigenvalue weighted by atomic mass is 15.2. The maximum Gasteiger partial charge on any atom is 0.230 e. The number of rotatable bonds is 2. The van der Waals surface area contributed by atoms with Gasteiger partial charge < -0.3 is 5.32 Å². The van der Waals surface area contributed by atoms with Crippen LogP contribution in [0, 0.1) is 48.5 Å². The van der Waals surface area contributed by atoms with Crippen LogP contribution in [0.4, 0.5) is 11.6 Å². The van der Waals surface area contributed by atoms with Crippen LogP contribution in [0.1, 0.15) is 157 Å². The summed E-state index contributed by atoms with van der Waals surface area (Å²) in [4.78, 5) is 24.5. The van der Waals surface area contributed by atoms with Crippen LogP contribution in [0.3, 0.4) is 0 Å². The molecule has 0 radical (unpaired) electrons. The van der Waals surface area contributed by atoms with Gasteiger partial charge in [0.2, 0.25) is 5.95 Å². The second-order valence-corrected chi connectivity index (χ2v) is 9.24. The molecule has 5 aromatic rings. The van der Waals surface area contributed by atoms with Gasteiger partial charge in [0, 0.05) is 5.69 Å². The van der Waals surface area contributed by atoms with Gasteiger partial charge in [-0.05, 0) is 60.6 Å². The van der Waals surface area contributed by atoms with Crippen molar-refractivity contribution in [1.82, 2.24) is 29.9 Å². The van der Waals surface area contributed by atoms with Crippen LogP contribution in [0.25, 0.3) is 0 Å². The molecule has 0 aliphatic carbocycles. The van der Waals surface area contributed by atoms with Gasteiger partial charge in [0.05, 0.1) is 0 Å². The number of hydrogen-bond acceptors (Lipinski definition) is 7. The molecule has 314 valence electrons. The molecule has 0 atom stereocenters. The Morgan fingerprint density at radius 2 is 0.527 bits per heavy atom. The molecule has 7 heteroatoms. The maximum absolute atomic E-state index is 4.20. The van der Waals surface area contributed by atoms with Crippen LogP contribution in [0.5, 0.6) is 0 Å². The lowest BCUT2D eigenvalue weighted by atomic mass is 10.2. The predicted molar refractivity (Wildman–Crippen MR) is 251 cm³/mol. The fourth-order valence-corrected chi connectivity index (χ4v) is 3.17. The van der Waals surface area contributed by atoms with Gasteiger partial charge in [-0.15, -0.1) is 0 Å². The average Bonchev–Trinajstić information content (AvgIpc) is 3.21. The van der Waals surface area contributed by atoms with Gasteiger partial charge in [-0.25, -0.2) is 19.9 Å². The molecule has 0 spiro atoms. The van der Waals surface area contributed by atoms with Crippen LogP contribution >= 0.6 is 0 Å². The zero-order valence-electron chi connectivity index (χ0n) is 40.1. The Morgan fingerprint density at radius 1 is 0.327 bits per heavy atom. The monoisotopic (exact) mass is 762 g/mol. The Labute approximate surface area is 342 Å². The third kappa shape index (κ3) is 49.5.